The van der Waals surface area contributed by atoms with Crippen LogP contribution in [0.25, 0.3) is 0 Å². The van der Waals surface area contributed by atoms with Gasteiger partial charge in [0.15, 0.2) is 0 Å². The minimum Gasteiger partial charge on any atom is -0.353 e. The molecular formula is C15H28ClNO. The summed E-state index contributed by atoms with van der Waals surface area (Å²) in [5.41, 5.74) is 0.0813. The number of halogens is 1. The van der Waals surface area contributed by atoms with Gasteiger partial charge in [0, 0.05) is 18.3 Å². The van der Waals surface area contributed by atoms with Gasteiger partial charge in [-0.3, -0.25) is 4.79 Å². The second kappa shape index (κ2) is 7.37. The first-order valence-electron chi connectivity index (χ1n) is 7.29. The van der Waals surface area contributed by atoms with Crippen molar-refractivity contribution in [1.82, 2.24) is 5.32 Å². The third kappa shape index (κ3) is 5.60. The number of hydrogen-bond acceptors (Lipinski definition) is 1. The van der Waals surface area contributed by atoms with Gasteiger partial charge < -0.3 is 5.32 Å². The van der Waals surface area contributed by atoms with Crippen molar-refractivity contribution in [3.63, 3.8) is 0 Å². The maximum atomic E-state index is 12.0. The van der Waals surface area contributed by atoms with Crippen LogP contribution in [-0.4, -0.2) is 17.8 Å². The lowest BCUT2D eigenvalue weighted by atomic mass is 9.85. The van der Waals surface area contributed by atoms with Crippen LogP contribution in [0.1, 0.15) is 65.7 Å². The zero-order valence-electron chi connectivity index (χ0n) is 12.1. The standard InChI is InChI=1S/C15H28ClNO/c1-15(2,3)13(10-11-16)17-14(18)9-8-12-6-4-5-7-12/h12-13H,4-11H2,1-3H3,(H,17,18). The molecule has 3 heteroatoms. The van der Waals surface area contributed by atoms with Crippen molar-refractivity contribution >= 4 is 17.5 Å². The highest BCUT2D eigenvalue weighted by molar-refractivity contribution is 6.17. The number of rotatable bonds is 6. The molecule has 1 aliphatic carbocycles. The fourth-order valence-corrected chi connectivity index (χ4v) is 2.95. The fourth-order valence-electron chi connectivity index (χ4n) is 2.73. The lowest BCUT2D eigenvalue weighted by molar-refractivity contribution is -0.122. The summed E-state index contributed by atoms with van der Waals surface area (Å²) in [6.07, 6.45) is 7.92. The molecular weight excluding hydrogens is 246 g/mol. The first-order chi connectivity index (χ1) is 8.43. The van der Waals surface area contributed by atoms with Crippen molar-refractivity contribution in [2.75, 3.05) is 5.88 Å². The lowest BCUT2D eigenvalue weighted by Crippen LogP contribution is -2.44. The SMILES string of the molecule is CC(C)(C)C(CCCl)NC(=O)CCC1CCCC1. The summed E-state index contributed by atoms with van der Waals surface area (Å²) < 4.78 is 0. The van der Waals surface area contributed by atoms with Crippen LogP contribution in [0.3, 0.4) is 0 Å². The van der Waals surface area contributed by atoms with E-state index in [-0.39, 0.29) is 17.4 Å². The van der Waals surface area contributed by atoms with Gasteiger partial charge in [0.2, 0.25) is 5.91 Å². The van der Waals surface area contributed by atoms with Crippen LogP contribution in [0, 0.1) is 11.3 Å². The molecule has 1 amide bonds. The molecule has 1 fully saturated rings. The van der Waals surface area contributed by atoms with Crippen LogP contribution in [0.5, 0.6) is 0 Å². The molecule has 18 heavy (non-hydrogen) atoms. The molecule has 0 aromatic heterocycles. The van der Waals surface area contributed by atoms with Crippen LogP contribution in [0.2, 0.25) is 0 Å². The summed E-state index contributed by atoms with van der Waals surface area (Å²) >= 11 is 5.82. The maximum Gasteiger partial charge on any atom is 0.220 e. The molecule has 1 atom stereocenters. The molecule has 1 aliphatic rings. The van der Waals surface area contributed by atoms with Crippen LogP contribution in [0.4, 0.5) is 0 Å². The number of nitrogens with one attached hydrogen (secondary N) is 1. The van der Waals surface area contributed by atoms with Crippen molar-refractivity contribution in [1.29, 1.82) is 0 Å². The molecule has 0 aromatic carbocycles. The third-order valence-electron chi connectivity index (χ3n) is 4.03. The van der Waals surface area contributed by atoms with E-state index < -0.39 is 0 Å². The van der Waals surface area contributed by atoms with Gasteiger partial charge >= 0.3 is 0 Å². The minimum absolute atomic E-state index is 0.0813. The third-order valence-corrected chi connectivity index (χ3v) is 4.25. The second-order valence-electron chi connectivity index (χ2n) is 6.65. The monoisotopic (exact) mass is 273 g/mol. The van der Waals surface area contributed by atoms with Crippen molar-refractivity contribution in [2.45, 2.75) is 71.8 Å². The van der Waals surface area contributed by atoms with E-state index in [0.29, 0.717) is 12.3 Å². The van der Waals surface area contributed by atoms with Crippen molar-refractivity contribution in [3.05, 3.63) is 0 Å². The minimum atomic E-state index is 0.0813. The molecule has 0 heterocycles. The van der Waals surface area contributed by atoms with E-state index in [1.165, 1.54) is 25.7 Å². The van der Waals surface area contributed by atoms with Gasteiger partial charge in [-0.1, -0.05) is 46.5 Å². The molecule has 0 bridgehead atoms. The van der Waals surface area contributed by atoms with E-state index in [2.05, 4.69) is 26.1 Å². The van der Waals surface area contributed by atoms with E-state index in [1.807, 2.05) is 0 Å². The first kappa shape index (κ1) is 15.8. The summed E-state index contributed by atoms with van der Waals surface area (Å²) in [6.45, 7) is 6.46. The maximum absolute atomic E-state index is 12.0. The van der Waals surface area contributed by atoms with Gasteiger partial charge in [0.1, 0.15) is 0 Å². The van der Waals surface area contributed by atoms with Gasteiger partial charge in [-0.2, -0.15) is 0 Å². The van der Waals surface area contributed by atoms with Gasteiger partial charge in [-0.15, -0.1) is 11.6 Å². The van der Waals surface area contributed by atoms with E-state index in [4.69, 9.17) is 11.6 Å². The molecule has 0 radical (unpaired) electrons. The average Bonchev–Trinajstić information content (AvgIpc) is 2.77. The van der Waals surface area contributed by atoms with Gasteiger partial charge in [-0.25, -0.2) is 0 Å². The number of hydrogen-bond donors (Lipinski definition) is 1. The molecule has 0 spiro atoms. The predicted octanol–water partition coefficient (Wildman–Crippen LogP) is 4.12. The molecule has 1 N–H and O–H groups in total. The van der Waals surface area contributed by atoms with Crippen molar-refractivity contribution in [2.24, 2.45) is 11.3 Å². The molecule has 2 nitrogen and oxygen atoms in total. The highest BCUT2D eigenvalue weighted by Crippen LogP contribution is 2.28. The van der Waals surface area contributed by atoms with Crippen LogP contribution in [0.15, 0.2) is 0 Å². The smallest absolute Gasteiger partial charge is 0.220 e. The van der Waals surface area contributed by atoms with Crippen molar-refractivity contribution in [3.8, 4) is 0 Å². The van der Waals surface area contributed by atoms with Crippen LogP contribution >= 0.6 is 11.6 Å². The Morgan fingerprint density at radius 1 is 1.33 bits per heavy atom. The van der Waals surface area contributed by atoms with E-state index in [9.17, 15) is 4.79 Å². The molecule has 0 saturated heterocycles. The average molecular weight is 274 g/mol. The Morgan fingerprint density at radius 3 is 2.44 bits per heavy atom. The van der Waals surface area contributed by atoms with E-state index >= 15 is 0 Å². The largest absolute Gasteiger partial charge is 0.353 e. The molecule has 0 aliphatic heterocycles. The number of alkyl halides is 1. The van der Waals surface area contributed by atoms with E-state index in [0.717, 1.165) is 18.8 Å². The number of carbonyl (C=O) groups is 1. The normalized spacial score (nSPS) is 18.9. The molecule has 1 saturated carbocycles. The Hall–Kier alpha value is -0.240. The zero-order valence-corrected chi connectivity index (χ0v) is 12.9. The Morgan fingerprint density at radius 2 is 1.94 bits per heavy atom. The Kier molecular flexibility index (Phi) is 6.48. The zero-order chi connectivity index (χ0) is 13.6. The molecule has 106 valence electrons. The summed E-state index contributed by atoms with van der Waals surface area (Å²) in [4.78, 5) is 12.0. The van der Waals surface area contributed by atoms with Gasteiger partial charge in [0.05, 0.1) is 0 Å². The summed E-state index contributed by atoms with van der Waals surface area (Å²) in [6, 6.07) is 0.186. The highest BCUT2D eigenvalue weighted by Gasteiger charge is 2.26. The topological polar surface area (TPSA) is 29.1 Å². The van der Waals surface area contributed by atoms with Crippen LogP contribution in [-0.2, 0) is 4.79 Å². The second-order valence-corrected chi connectivity index (χ2v) is 7.03. The highest BCUT2D eigenvalue weighted by atomic mass is 35.5. The fraction of sp³-hybridized carbons (Fsp3) is 0.933. The van der Waals surface area contributed by atoms with Gasteiger partial charge in [-0.05, 0) is 24.2 Å². The number of carbonyl (C=O) groups excluding carboxylic acids is 1. The van der Waals surface area contributed by atoms with Crippen molar-refractivity contribution < 1.29 is 4.79 Å². The summed E-state index contributed by atoms with van der Waals surface area (Å²) in [7, 11) is 0. The van der Waals surface area contributed by atoms with E-state index in [1.54, 1.807) is 0 Å². The lowest BCUT2D eigenvalue weighted by Gasteiger charge is -2.31. The predicted molar refractivity (Wildman–Crippen MR) is 77.9 cm³/mol. The molecule has 1 rings (SSSR count). The number of amides is 1. The quantitative estimate of drug-likeness (QED) is 0.725. The van der Waals surface area contributed by atoms with Crippen LogP contribution < -0.4 is 5.32 Å². The first-order valence-corrected chi connectivity index (χ1v) is 7.82. The Bertz CT molecular complexity index is 254. The molecule has 1 unspecified atom stereocenters. The summed E-state index contributed by atoms with van der Waals surface area (Å²) in [5, 5.41) is 3.16. The Balaban J connectivity index is 2.31. The van der Waals surface area contributed by atoms with Gasteiger partial charge in [0.25, 0.3) is 0 Å². The Labute approximate surface area is 117 Å². The summed E-state index contributed by atoms with van der Waals surface area (Å²) in [5.74, 6) is 1.59. The molecule has 0 aromatic rings.